The molecule has 1 heterocycles. The molecule has 0 aromatic carbocycles. The highest BCUT2D eigenvalue weighted by atomic mass is 16.6. The van der Waals surface area contributed by atoms with Gasteiger partial charge in [-0.3, -0.25) is 4.79 Å². The number of ether oxygens (including phenoxy) is 2. The van der Waals surface area contributed by atoms with Crippen molar-refractivity contribution in [3.8, 4) is 0 Å². The minimum Gasteiger partial charge on any atom is -0.457 e. The van der Waals surface area contributed by atoms with E-state index in [1.54, 1.807) is 6.92 Å². The molecule has 4 atom stereocenters. The average molecular weight is 190 g/mol. The van der Waals surface area contributed by atoms with E-state index in [1.165, 1.54) is 6.92 Å². The van der Waals surface area contributed by atoms with Crippen LogP contribution in [0, 0.1) is 0 Å². The number of aliphatic hydroxyl groups excluding tert-OH is 2. The Kier molecular flexibility index (Phi) is 3.24. The van der Waals surface area contributed by atoms with Crippen molar-refractivity contribution in [2.75, 3.05) is 0 Å². The van der Waals surface area contributed by atoms with Crippen LogP contribution in [-0.4, -0.2) is 40.8 Å². The van der Waals surface area contributed by atoms with E-state index in [4.69, 9.17) is 14.6 Å². The zero-order chi connectivity index (χ0) is 10.0. The highest BCUT2D eigenvalue weighted by Gasteiger charge is 2.36. The number of carbonyl (C=O) groups is 1. The van der Waals surface area contributed by atoms with E-state index in [-0.39, 0.29) is 6.42 Å². The fourth-order valence-electron chi connectivity index (χ4n) is 1.40. The Bertz CT molecular complexity index is 181. The van der Waals surface area contributed by atoms with Gasteiger partial charge in [-0.25, -0.2) is 0 Å². The molecule has 1 saturated heterocycles. The van der Waals surface area contributed by atoms with Gasteiger partial charge in [-0.15, -0.1) is 0 Å². The molecule has 0 aliphatic carbocycles. The normalized spacial score (nSPS) is 40.0. The lowest BCUT2D eigenvalue weighted by molar-refractivity contribution is -0.235. The van der Waals surface area contributed by atoms with Crippen molar-refractivity contribution >= 4 is 5.97 Å². The van der Waals surface area contributed by atoms with E-state index in [1.807, 2.05) is 0 Å². The van der Waals surface area contributed by atoms with E-state index < -0.39 is 30.6 Å². The van der Waals surface area contributed by atoms with Gasteiger partial charge in [-0.05, 0) is 6.92 Å². The summed E-state index contributed by atoms with van der Waals surface area (Å²) in [7, 11) is 0. The van der Waals surface area contributed by atoms with Crippen molar-refractivity contribution in [3.05, 3.63) is 0 Å². The molecular formula is C8H14O5. The van der Waals surface area contributed by atoms with Crippen molar-refractivity contribution in [2.24, 2.45) is 0 Å². The lowest BCUT2D eigenvalue weighted by Crippen LogP contribution is -2.48. The summed E-state index contributed by atoms with van der Waals surface area (Å²) in [6, 6.07) is 0. The highest BCUT2D eigenvalue weighted by Crippen LogP contribution is 2.21. The summed E-state index contributed by atoms with van der Waals surface area (Å²) in [6.45, 7) is 2.91. The maximum Gasteiger partial charge on any atom is 0.303 e. The molecule has 0 aromatic heterocycles. The number of aliphatic hydroxyl groups is 2. The summed E-state index contributed by atoms with van der Waals surface area (Å²) in [5.74, 6) is -0.462. The van der Waals surface area contributed by atoms with Gasteiger partial charge >= 0.3 is 5.97 Å². The highest BCUT2D eigenvalue weighted by molar-refractivity contribution is 5.66. The first-order valence-electron chi connectivity index (χ1n) is 4.19. The topological polar surface area (TPSA) is 76.0 Å². The van der Waals surface area contributed by atoms with Crippen LogP contribution in [0.25, 0.3) is 0 Å². The van der Waals surface area contributed by atoms with Crippen LogP contribution in [0.5, 0.6) is 0 Å². The molecule has 13 heavy (non-hydrogen) atoms. The molecule has 0 bridgehead atoms. The Morgan fingerprint density at radius 2 is 2.15 bits per heavy atom. The predicted molar refractivity (Wildman–Crippen MR) is 42.7 cm³/mol. The molecule has 0 radical (unpaired) electrons. The van der Waals surface area contributed by atoms with Crippen LogP contribution < -0.4 is 0 Å². The molecule has 1 aliphatic rings. The Morgan fingerprint density at radius 1 is 1.54 bits per heavy atom. The summed E-state index contributed by atoms with van der Waals surface area (Å²) in [5.41, 5.74) is 0. The molecule has 1 fully saturated rings. The van der Waals surface area contributed by atoms with E-state index in [0.29, 0.717) is 0 Å². The Morgan fingerprint density at radius 3 is 2.62 bits per heavy atom. The Labute approximate surface area is 76.3 Å². The van der Waals surface area contributed by atoms with Crippen molar-refractivity contribution in [2.45, 2.75) is 44.9 Å². The summed E-state index contributed by atoms with van der Waals surface area (Å²) < 4.78 is 9.83. The van der Waals surface area contributed by atoms with E-state index in [9.17, 15) is 9.90 Å². The van der Waals surface area contributed by atoms with Gasteiger partial charge in [0.05, 0.1) is 12.2 Å². The van der Waals surface area contributed by atoms with Crippen molar-refractivity contribution in [1.82, 2.24) is 0 Å². The van der Waals surface area contributed by atoms with Crippen LogP contribution in [-0.2, 0) is 14.3 Å². The van der Waals surface area contributed by atoms with Crippen molar-refractivity contribution in [3.63, 3.8) is 0 Å². The summed E-state index contributed by atoms with van der Waals surface area (Å²) in [5, 5.41) is 18.5. The number of esters is 1. The monoisotopic (exact) mass is 190 g/mol. The first kappa shape index (κ1) is 10.4. The number of carbonyl (C=O) groups excluding carboxylic acids is 1. The van der Waals surface area contributed by atoms with Gasteiger partial charge in [0.25, 0.3) is 0 Å². The third-order valence-corrected chi connectivity index (χ3v) is 1.96. The summed E-state index contributed by atoms with van der Waals surface area (Å²) in [4.78, 5) is 10.6. The third kappa shape index (κ3) is 2.65. The van der Waals surface area contributed by atoms with Crippen LogP contribution >= 0.6 is 0 Å². The lowest BCUT2D eigenvalue weighted by atomic mass is 10.0. The molecule has 0 saturated carbocycles. The molecule has 1 aliphatic heterocycles. The lowest BCUT2D eigenvalue weighted by Gasteiger charge is -2.35. The van der Waals surface area contributed by atoms with Gasteiger partial charge in [-0.1, -0.05) is 0 Å². The van der Waals surface area contributed by atoms with Gasteiger partial charge in [0, 0.05) is 13.3 Å². The van der Waals surface area contributed by atoms with Gasteiger partial charge in [0.2, 0.25) is 0 Å². The SMILES string of the molecule is CC(=O)O[C@@H]1[C@H](O)C[C@@H](O)O[C@@H]1C. The van der Waals surface area contributed by atoms with Gasteiger partial charge in [-0.2, -0.15) is 0 Å². The fourth-order valence-corrected chi connectivity index (χ4v) is 1.40. The first-order chi connectivity index (χ1) is 6.00. The fraction of sp³-hybridized carbons (Fsp3) is 0.875. The maximum absolute atomic E-state index is 10.6. The average Bonchev–Trinajstić information content (AvgIpc) is 1.96. The van der Waals surface area contributed by atoms with Crippen LogP contribution in [0.2, 0.25) is 0 Å². The van der Waals surface area contributed by atoms with Gasteiger partial charge < -0.3 is 19.7 Å². The number of hydrogen-bond donors (Lipinski definition) is 2. The smallest absolute Gasteiger partial charge is 0.303 e. The van der Waals surface area contributed by atoms with Crippen molar-refractivity contribution in [1.29, 1.82) is 0 Å². The first-order valence-corrected chi connectivity index (χ1v) is 4.19. The number of rotatable bonds is 1. The molecule has 0 aromatic rings. The molecule has 0 unspecified atom stereocenters. The summed E-state index contributed by atoms with van der Waals surface area (Å²) >= 11 is 0. The van der Waals surface area contributed by atoms with Crippen LogP contribution in [0.1, 0.15) is 20.3 Å². The molecule has 76 valence electrons. The molecule has 0 spiro atoms. The van der Waals surface area contributed by atoms with E-state index in [2.05, 4.69) is 0 Å². The second kappa shape index (κ2) is 4.04. The molecule has 2 N–H and O–H groups in total. The number of hydrogen-bond acceptors (Lipinski definition) is 5. The van der Waals surface area contributed by atoms with E-state index in [0.717, 1.165) is 0 Å². The van der Waals surface area contributed by atoms with Crippen LogP contribution in [0.4, 0.5) is 0 Å². The third-order valence-electron chi connectivity index (χ3n) is 1.96. The minimum absolute atomic E-state index is 0.0717. The Hall–Kier alpha value is -0.650. The Balaban J connectivity index is 2.56. The van der Waals surface area contributed by atoms with Crippen molar-refractivity contribution < 1.29 is 24.5 Å². The quantitative estimate of drug-likeness (QED) is 0.540. The zero-order valence-electron chi connectivity index (χ0n) is 7.64. The van der Waals surface area contributed by atoms with E-state index >= 15 is 0 Å². The molecular weight excluding hydrogens is 176 g/mol. The van der Waals surface area contributed by atoms with Gasteiger partial charge in [0.1, 0.15) is 0 Å². The standard InChI is InChI=1S/C8H14O5/c1-4-8(13-5(2)9)6(10)3-7(11)12-4/h4,6-8,10-11H,3H2,1-2H3/t4-,6-,7+,8+/m1/s1. The molecule has 1 rings (SSSR count). The largest absolute Gasteiger partial charge is 0.457 e. The summed E-state index contributed by atoms with van der Waals surface area (Å²) in [6.07, 6.45) is -2.93. The predicted octanol–water partition coefficient (Wildman–Crippen LogP) is -0.594. The van der Waals surface area contributed by atoms with Crippen LogP contribution in [0.3, 0.4) is 0 Å². The molecule has 5 nitrogen and oxygen atoms in total. The van der Waals surface area contributed by atoms with Gasteiger partial charge in [0.15, 0.2) is 12.4 Å². The second-order valence-electron chi connectivity index (χ2n) is 3.17. The second-order valence-corrected chi connectivity index (χ2v) is 3.17. The zero-order valence-corrected chi connectivity index (χ0v) is 7.64. The minimum atomic E-state index is -0.975. The molecule has 5 heteroatoms. The molecule has 0 amide bonds. The van der Waals surface area contributed by atoms with Crippen LogP contribution in [0.15, 0.2) is 0 Å². The maximum atomic E-state index is 10.6.